The molecule has 1 amide bonds. The van der Waals surface area contributed by atoms with Gasteiger partial charge in [0, 0.05) is 17.5 Å². The van der Waals surface area contributed by atoms with E-state index in [9.17, 15) is 4.79 Å². The van der Waals surface area contributed by atoms with Crippen LogP contribution in [0.15, 0.2) is 49.0 Å². The van der Waals surface area contributed by atoms with Gasteiger partial charge in [-0.3, -0.25) is 14.8 Å². The standard InChI is InChI=1S/C20H21N3O2/c1-5-15(6-2)23-12-18-19(20(23)24)13(4)8-17(22-18)14-9-16(25-7-3)11-21-10-14/h5-6,8-11H,1,7,12H2,2-4H3/b15-6+. The molecule has 0 saturated carbocycles. The molecule has 0 unspecified atom stereocenters. The lowest BCUT2D eigenvalue weighted by Crippen LogP contribution is -2.22. The molecule has 2 aromatic heterocycles. The van der Waals surface area contributed by atoms with Crippen molar-refractivity contribution in [1.29, 1.82) is 0 Å². The van der Waals surface area contributed by atoms with Gasteiger partial charge in [-0.25, -0.2) is 0 Å². The molecule has 0 aromatic carbocycles. The molecular weight excluding hydrogens is 314 g/mol. The van der Waals surface area contributed by atoms with Crippen molar-refractivity contribution in [2.24, 2.45) is 0 Å². The highest BCUT2D eigenvalue weighted by atomic mass is 16.5. The summed E-state index contributed by atoms with van der Waals surface area (Å²) in [4.78, 5) is 23.4. The average molecular weight is 335 g/mol. The van der Waals surface area contributed by atoms with Crippen LogP contribution in [0.2, 0.25) is 0 Å². The lowest BCUT2D eigenvalue weighted by Gasteiger charge is -2.15. The summed E-state index contributed by atoms with van der Waals surface area (Å²) < 4.78 is 5.51. The fourth-order valence-electron chi connectivity index (χ4n) is 3.05. The van der Waals surface area contributed by atoms with E-state index in [1.807, 2.05) is 39.0 Å². The SMILES string of the molecule is C=C/C(=C\C)N1Cc2nc(-c3cncc(OCC)c3)cc(C)c2C1=O. The van der Waals surface area contributed by atoms with Gasteiger partial charge < -0.3 is 9.64 Å². The minimum atomic E-state index is -0.0271. The molecule has 0 bridgehead atoms. The molecule has 0 N–H and O–H groups in total. The summed E-state index contributed by atoms with van der Waals surface area (Å²) in [5.74, 6) is 0.682. The molecule has 5 nitrogen and oxygen atoms in total. The first-order chi connectivity index (χ1) is 12.1. The first-order valence-corrected chi connectivity index (χ1v) is 8.28. The predicted octanol–water partition coefficient (Wildman–Crippen LogP) is 3.90. The number of aryl methyl sites for hydroxylation is 1. The summed E-state index contributed by atoms with van der Waals surface area (Å²) >= 11 is 0. The monoisotopic (exact) mass is 335 g/mol. The second-order valence-electron chi connectivity index (χ2n) is 5.80. The second kappa shape index (κ2) is 6.89. The number of hydrogen-bond donors (Lipinski definition) is 0. The molecule has 0 saturated heterocycles. The van der Waals surface area contributed by atoms with Crippen LogP contribution >= 0.6 is 0 Å². The number of nitrogens with zero attached hydrogens (tertiary/aromatic N) is 3. The Bertz CT molecular complexity index is 871. The summed E-state index contributed by atoms with van der Waals surface area (Å²) in [6.07, 6.45) is 7.01. The number of ether oxygens (including phenoxy) is 1. The number of rotatable bonds is 5. The van der Waals surface area contributed by atoms with E-state index in [-0.39, 0.29) is 5.91 Å². The van der Waals surface area contributed by atoms with E-state index in [0.717, 1.165) is 28.2 Å². The number of fused-ring (bicyclic) bond motifs is 1. The zero-order valence-corrected chi connectivity index (χ0v) is 14.7. The Kier molecular flexibility index (Phi) is 4.65. The van der Waals surface area contributed by atoms with Crippen molar-refractivity contribution in [3.63, 3.8) is 0 Å². The Labute approximate surface area is 147 Å². The number of pyridine rings is 2. The molecule has 0 spiro atoms. The minimum Gasteiger partial charge on any atom is -0.492 e. The predicted molar refractivity (Wildman–Crippen MR) is 97.2 cm³/mol. The third kappa shape index (κ3) is 3.05. The molecule has 0 atom stereocenters. The Morgan fingerprint density at radius 2 is 2.20 bits per heavy atom. The number of amides is 1. The van der Waals surface area contributed by atoms with E-state index in [1.54, 1.807) is 23.4 Å². The minimum absolute atomic E-state index is 0.0271. The van der Waals surface area contributed by atoms with Gasteiger partial charge in [0.15, 0.2) is 0 Å². The number of aromatic nitrogens is 2. The van der Waals surface area contributed by atoms with Gasteiger partial charge in [0.1, 0.15) is 5.75 Å². The van der Waals surface area contributed by atoms with Crippen LogP contribution in [-0.2, 0) is 6.54 Å². The van der Waals surface area contributed by atoms with Gasteiger partial charge in [0.2, 0.25) is 0 Å². The Morgan fingerprint density at radius 3 is 2.88 bits per heavy atom. The largest absolute Gasteiger partial charge is 0.492 e. The number of hydrogen-bond acceptors (Lipinski definition) is 4. The van der Waals surface area contributed by atoms with Crippen LogP contribution in [0.1, 0.15) is 35.5 Å². The fraction of sp³-hybridized carbons (Fsp3) is 0.250. The van der Waals surface area contributed by atoms with E-state index in [4.69, 9.17) is 9.72 Å². The van der Waals surface area contributed by atoms with Crippen LogP contribution in [0.25, 0.3) is 11.3 Å². The van der Waals surface area contributed by atoms with Crippen LogP contribution < -0.4 is 4.74 Å². The van der Waals surface area contributed by atoms with Crippen molar-refractivity contribution in [2.45, 2.75) is 27.3 Å². The summed E-state index contributed by atoms with van der Waals surface area (Å²) in [5.41, 5.74) is 4.83. The molecule has 5 heteroatoms. The molecule has 1 aliphatic rings. The van der Waals surface area contributed by atoms with Gasteiger partial charge in [0.25, 0.3) is 5.91 Å². The molecule has 1 aliphatic heterocycles. The average Bonchev–Trinajstić information content (AvgIpc) is 2.94. The lowest BCUT2D eigenvalue weighted by molar-refractivity contribution is 0.0830. The fourth-order valence-corrected chi connectivity index (χ4v) is 3.05. The molecule has 0 radical (unpaired) electrons. The maximum atomic E-state index is 12.7. The van der Waals surface area contributed by atoms with Crippen LogP contribution in [0, 0.1) is 6.92 Å². The van der Waals surface area contributed by atoms with Gasteiger partial charge in [-0.15, -0.1) is 0 Å². The molecule has 3 heterocycles. The highest BCUT2D eigenvalue weighted by molar-refractivity contribution is 6.00. The maximum absolute atomic E-state index is 12.7. The smallest absolute Gasteiger partial charge is 0.260 e. The van der Waals surface area contributed by atoms with Gasteiger partial charge in [-0.2, -0.15) is 0 Å². The van der Waals surface area contributed by atoms with Crippen molar-refractivity contribution in [3.05, 3.63) is 65.8 Å². The molecule has 128 valence electrons. The van der Waals surface area contributed by atoms with Gasteiger partial charge >= 0.3 is 0 Å². The van der Waals surface area contributed by atoms with Crippen molar-refractivity contribution >= 4 is 5.91 Å². The van der Waals surface area contributed by atoms with Crippen LogP contribution in [0.4, 0.5) is 0 Å². The third-order valence-electron chi connectivity index (χ3n) is 4.19. The van der Waals surface area contributed by atoms with Gasteiger partial charge in [-0.1, -0.05) is 12.7 Å². The van der Waals surface area contributed by atoms with Crippen LogP contribution in [0.5, 0.6) is 5.75 Å². The second-order valence-corrected chi connectivity index (χ2v) is 5.80. The maximum Gasteiger partial charge on any atom is 0.260 e. The van der Waals surface area contributed by atoms with E-state index in [2.05, 4.69) is 11.6 Å². The molecule has 0 fully saturated rings. The molecule has 0 aliphatic carbocycles. The van der Waals surface area contributed by atoms with Gasteiger partial charge in [0.05, 0.1) is 36.3 Å². The van der Waals surface area contributed by atoms with Crippen molar-refractivity contribution in [1.82, 2.24) is 14.9 Å². The van der Waals surface area contributed by atoms with E-state index in [0.29, 0.717) is 24.5 Å². The van der Waals surface area contributed by atoms with Crippen molar-refractivity contribution in [3.8, 4) is 17.0 Å². The Hall–Kier alpha value is -2.95. The molecule has 2 aromatic rings. The molecule has 3 rings (SSSR count). The zero-order valence-electron chi connectivity index (χ0n) is 14.7. The summed E-state index contributed by atoms with van der Waals surface area (Å²) in [6, 6.07) is 3.84. The van der Waals surface area contributed by atoms with Gasteiger partial charge in [-0.05, 0) is 44.5 Å². The third-order valence-corrected chi connectivity index (χ3v) is 4.19. The number of carbonyl (C=O) groups is 1. The zero-order chi connectivity index (χ0) is 18.0. The highest BCUT2D eigenvalue weighted by Gasteiger charge is 2.32. The lowest BCUT2D eigenvalue weighted by atomic mass is 10.1. The number of carbonyl (C=O) groups excluding carboxylic acids is 1. The van der Waals surface area contributed by atoms with Crippen LogP contribution in [-0.4, -0.2) is 27.4 Å². The summed E-state index contributed by atoms with van der Waals surface area (Å²) in [7, 11) is 0. The number of allylic oxidation sites excluding steroid dienone is 2. The Balaban J connectivity index is 2.02. The van der Waals surface area contributed by atoms with E-state index < -0.39 is 0 Å². The first-order valence-electron chi connectivity index (χ1n) is 8.28. The molecular formula is C20H21N3O2. The first kappa shape index (κ1) is 16.9. The highest BCUT2D eigenvalue weighted by Crippen LogP contribution is 2.31. The normalized spacial score (nSPS) is 13.8. The topological polar surface area (TPSA) is 55.3 Å². The Morgan fingerprint density at radius 1 is 1.40 bits per heavy atom. The quantitative estimate of drug-likeness (QED) is 0.778. The van der Waals surface area contributed by atoms with Crippen molar-refractivity contribution in [2.75, 3.05) is 6.61 Å². The molecule has 25 heavy (non-hydrogen) atoms. The summed E-state index contributed by atoms with van der Waals surface area (Å²) in [5, 5.41) is 0. The van der Waals surface area contributed by atoms with Crippen molar-refractivity contribution < 1.29 is 9.53 Å². The summed E-state index contributed by atoms with van der Waals surface area (Å²) in [6.45, 7) is 10.6. The van der Waals surface area contributed by atoms with E-state index >= 15 is 0 Å². The van der Waals surface area contributed by atoms with Crippen LogP contribution in [0.3, 0.4) is 0 Å². The van der Waals surface area contributed by atoms with E-state index in [1.165, 1.54) is 0 Å².